The third kappa shape index (κ3) is 3.77. The highest BCUT2D eigenvalue weighted by molar-refractivity contribution is 5.80. The zero-order valence-electron chi connectivity index (χ0n) is 16.8. The van der Waals surface area contributed by atoms with Gasteiger partial charge in [0.05, 0.1) is 29.4 Å². The van der Waals surface area contributed by atoms with Crippen molar-refractivity contribution in [2.24, 2.45) is 0 Å². The van der Waals surface area contributed by atoms with Crippen molar-refractivity contribution in [3.05, 3.63) is 64.6 Å². The van der Waals surface area contributed by atoms with Crippen molar-refractivity contribution in [3.8, 4) is 11.3 Å². The van der Waals surface area contributed by atoms with Crippen molar-refractivity contribution in [1.29, 1.82) is 0 Å². The molecule has 3 aromatic rings. The van der Waals surface area contributed by atoms with E-state index in [2.05, 4.69) is 10.1 Å². The van der Waals surface area contributed by atoms with E-state index in [1.54, 1.807) is 18.3 Å². The highest BCUT2D eigenvalue weighted by Crippen LogP contribution is 2.38. The molecule has 0 spiro atoms. The molecule has 150 valence electrons. The number of halogens is 1. The molecule has 6 nitrogen and oxygen atoms in total. The third-order valence-electron chi connectivity index (χ3n) is 5.50. The SMILES string of the molecule is Cc1ncc(-c2onc(C)c2C)c([C@@H]2CCCN2C(=O)Cc2ccc(F)cc2)n1. The van der Waals surface area contributed by atoms with E-state index < -0.39 is 0 Å². The fourth-order valence-corrected chi connectivity index (χ4v) is 3.81. The van der Waals surface area contributed by atoms with Crippen LogP contribution in [0.1, 0.15) is 47.2 Å². The maximum Gasteiger partial charge on any atom is 0.227 e. The topological polar surface area (TPSA) is 72.1 Å². The average Bonchev–Trinajstić information content (AvgIpc) is 3.31. The number of amides is 1. The van der Waals surface area contributed by atoms with Gasteiger partial charge in [-0.1, -0.05) is 17.3 Å². The van der Waals surface area contributed by atoms with Crippen LogP contribution < -0.4 is 0 Å². The van der Waals surface area contributed by atoms with Crippen LogP contribution in [0.25, 0.3) is 11.3 Å². The van der Waals surface area contributed by atoms with Crippen molar-refractivity contribution in [2.45, 2.75) is 46.1 Å². The number of carbonyl (C=O) groups is 1. The molecular weight excluding hydrogens is 371 g/mol. The number of aryl methyl sites for hydroxylation is 2. The summed E-state index contributed by atoms with van der Waals surface area (Å²) in [6.45, 7) is 6.36. The van der Waals surface area contributed by atoms with E-state index in [4.69, 9.17) is 9.51 Å². The molecule has 0 bridgehead atoms. The zero-order chi connectivity index (χ0) is 20.5. The molecule has 0 saturated carbocycles. The van der Waals surface area contributed by atoms with Gasteiger partial charge in [-0.05, 0) is 51.3 Å². The maximum absolute atomic E-state index is 13.2. The first-order valence-electron chi connectivity index (χ1n) is 9.74. The Kier molecular flexibility index (Phi) is 5.13. The van der Waals surface area contributed by atoms with Crippen molar-refractivity contribution in [1.82, 2.24) is 20.0 Å². The second-order valence-corrected chi connectivity index (χ2v) is 7.49. The fraction of sp³-hybridized carbons (Fsp3) is 0.364. The van der Waals surface area contributed by atoms with Gasteiger partial charge in [0.15, 0.2) is 5.76 Å². The Bertz CT molecular complexity index is 1050. The van der Waals surface area contributed by atoms with Gasteiger partial charge in [0.25, 0.3) is 0 Å². The van der Waals surface area contributed by atoms with Crippen LogP contribution in [0, 0.1) is 26.6 Å². The molecule has 1 aliphatic rings. The number of benzene rings is 1. The molecule has 4 rings (SSSR count). The Balaban J connectivity index is 1.66. The zero-order valence-corrected chi connectivity index (χ0v) is 16.8. The predicted octanol–water partition coefficient (Wildman–Crippen LogP) is 4.10. The average molecular weight is 394 g/mol. The van der Waals surface area contributed by atoms with E-state index in [0.29, 0.717) is 18.1 Å². The lowest BCUT2D eigenvalue weighted by molar-refractivity contribution is -0.131. The van der Waals surface area contributed by atoms with Crippen LogP contribution in [0.4, 0.5) is 4.39 Å². The minimum atomic E-state index is -0.306. The molecule has 0 radical (unpaired) electrons. The standard InChI is InChI=1S/C22H23FN4O2/c1-13-14(2)26-29-22(13)18-12-24-15(3)25-21(18)19-5-4-10-27(19)20(28)11-16-6-8-17(23)9-7-16/h6-9,12,19H,4-5,10-11H2,1-3H3/t19-/m0/s1. The number of rotatable bonds is 4. The predicted molar refractivity (Wildman–Crippen MR) is 106 cm³/mol. The van der Waals surface area contributed by atoms with Crippen LogP contribution in [-0.4, -0.2) is 32.5 Å². The van der Waals surface area contributed by atoms with Gasteiger partial charge in [0.2, 0.25) is 5.91 Å². The Morgan fingerprint density at radius 3 is 2.69 bits per heavy atom. The Hall–Kier alpha value is -3.09. The first kappa shape index (κ1) is 19.2. The molecule has 1 saturated heterocycles. The molecule has 1 amide bonds. The molecule has 29 heavy (non-hydrogen) atoms. The van der Waals surface area contributed by atoms with Crippen LogP contribution in [0.2, 0.25) is 0 Å². The van der Waals surface area contributed by atoms with E-state index in [1.807, 2.05) is 25.7 Å². The van der Waals surface area contributed by atoms with Gasteiger partial charge in [-0.25, -0.2) is 14.4 Å². The van der Waals surface area contributed by atoms with Gasteiger partial charge in [0.1, 0.15) is 11.6 Å². The summed E-state index contributed by atoms with van der Waals surface area (Å²) < 4.78 is 18.7. The van der Waals surface area contributed by atoms with Crippen molar-refractivity contribution in [3.63, 3.8) is 0 Å². The molecule has 2 aromatic heterocycles. The lowest BCUT2D eigenvalue weighted by Gasteiger charge is -2.26. The van der Waals surface area contributed by atoms with E-state index in [1.165, 1.54) is 12.1 Å². The Morgan fingerprint density at radius 1 is 1.24 bits per heavy atom. The monoisotopic (exact) mass is 394 g/mol. The molecule has 0 unspecified atom stereocenters. The van der Waals surface area contributed by atoms with E-state index >= 15 is 0 Å². The number of hydrogen-bond donors (Lipinski definition) is 0. The van der Waals surface area contributed by atoms with Crippen molar-refractivity contribution < 1.29 is 13.7 Å². The molecule has 1 fully saturated rings. The summed E-state index contributed by atoms with van der Waals surface area (Å²) in [7, 11) is 0. The van der Waals surface area contributed by atoms with Gasteiger partial charge < -0.3 is 9.42 Å². The first-order chi connectivity index (χ1) is 13.9. The maximum atomic E-state index is 13.2. The summed E-state index contributed by atoms with van der Waals surface area (Å²) in [5.41, 5.74) is 4.13. The van der Waals surface area contributed by atoms with Gasteiger partial charge in [-0.15, -0.1) is 0 Å². The molecule has 0 aliphatic carbocycles. The molecular formula is C22H23FN4O2. The Morgan fingerprint density at radius 2 is 2.00 bits per heavy atom. The van der Waals surface area contributed by atoms with Crippen LogP contribution in [0.3, 0.4) is 0 Å². The van der Waals surface area contributed by atoms with E-state index in [0.717, 1.165) is 40.9 Å². The first-order valence-corrected chi connectivity index (χ1v) is 9.74. The summed E-state index contributed by atoms with van der Waals surface area (Å²) in [6, 6.07) is 5.92. The summed E-state index contributed by atoms with van der Waals surface area (Å²) in [5, 5.41) is 4.06. The van der Waals surface area contributed by atoms with Gasteiger partial charge in [-0.2, -0.15) is 0 Å². The molecule has 7 heteroatoms. The van der Waals surface area contributed by atoms with Crippen LogP contribution >= 0.6 is 0 Å². The smallest absolute Gasteiger partial charge is 0.227 e. The van der Waals surface area contributed by atoms with Crippen molar-refractivity contribution in [2.75, 3.05) is 6.54 Å². The second-order valence-electron chi connectivity index (χ2n) is 7.49. The highest BCUT2D eigenvalue weighted by atomic mass is 19.1. The fourth-order valence-electron chi connectivity index (χ4n) is 3.81. The van der Waals surface area contributed by atoms with E-state index in [-0.39, 0.29) is 24.2 Å². The number of hydrogen-bond acceptors (Lipinski definition) is 5. The van der Waals surface area contributed by atoms with Gasteiger partial charge >= 0.3 is 0 Å². The summed E-state index contributed by atoms with van der Waals surface area (Å²) >= 11 is 0. The minimum absolute atomic E-state index is 0.00629. The summed E-state index contributed by atoms with van der Waals surface area (Å²) in [5.74, 6) is 0.997. The molecule has 1 atom stereocenters. The molecule has 1 aliphatic heterocycles. The normalized spacial score (nSPS) is 16.4. The van der Waals surface area contributed by atoms with Crippen LogP contribution in [0.15, 0.2) is 35.0 Å². The van der Waals surface area contributed by atoms with Crippen LogP contribution in [0.5, 0.6) is 0 Å². The third-order valence-corrected chi connectivity index (χ3v) is 5.50. The van der Waals surface area contributed by atoms with Crippen molar-refractivity contribution >= 4 is 5.91 Å². The number of likely N-dealkylation sites (tertiary alicyclic amines) is 1. The number of carbonyl (C=O) groups excluding carboxylic acids is 1. The molecule has 0 N–H and O–H groups in total. The second kappa shape index (κ2) is 7.73. The number of nitrogens with zero attached hydrogens (tertiary/aromatic N) is 4. The quantitative estimate of drug-likeness (QED) is 0.666. The number of aromatic nitrogens is 3. The van der Waals surface area contributed by atoms with Crippen LogP contribution in [-0.2, 0) is 11.2 Å². The van der Waals surface area contributed by atoms with Gasteiger partial charge in [-0.3, -0.25) is 4.79 Å². The lowest BCUT2D eigenvalue weighted by Crippen LogP contribution is -2.32. The largest absolute Gasteiger partial charge is 0.356 e. The molecule has 3 heterocycles. The van der Waals surface area contributed by atoms with E-state index in [9.17, 15) is 9.18 Å². The lowest BCUT2D eigenvalue weighted by atomic mass is 10.0. The highest BCUT2D eigenvalue weighted by Gasteiger charge is 2.34. The van der Waals surface area contributed by atoms with Gasteiger partial charge in [0, 0.05) is 18.3 Å². The Labute approximate surface area is 168 Å². The summed E-state index contributed by atoms with van der Waals surface area (Å²) in [4.78, 5) is 23.9. The molecule has 1 aromatic carbocycles. The summed E-state index contributed by atoms with van der Waals surface area (Å²) in [6.07, 6.45) is 3.71. The minimum Gasteiger partial charge on any atom is -0.356 e.